The van der Waals surface area contributed by atoms with Crippen molar-refractivity contribution in [3.8, 4) is 0 Å². The Morgan fingerprint density at radius 2 is 2.12 bits per heavy atom. The fraction of sp³-hybridized carbons (Fsp3) is 0.182. The first-order chi connectivity index (χ1) is 8.04. The molecular weight excluding hydrogens is 337 g/mol. The van der Waals surface area contributed by atoms with Gasteiger partial charge in [-0.1, -0.05) is 6.92 Å². The summed E-state index contributed by atoms with van der Waals surface area (Å²) in [5, 5.41) is 0.763. The minimum atomic E-state index is -0.830. The van der Waals surface area contributed by atoms with Crippen molar-refractivity contribution >= 4 is 45.9 Å². The molecular formula is C11H8INO4. The first-order valence-corrected chi connectivity index (χ1v) is 6.01. The highest BCUT2D eigenvalue weighted by Gasteiger charge is 2.38. The number of fused-ring (bicyclic) bond motifs is 1. The van der Waals surface area contributed by atoms with Gasteiger partial charge in [0.25, 0.3) is 5.78 Å². The molecule has 1 aromatic carbocycles. The zero-order chi connectivity index (χ0) is 12.6. The van der Waals surface area contributed by atoms with Crippen LogP contribution < -0.4 is 5.06 Å². The van der Waals surface area contributed by atoms with E-state index in [4.69, 9.17) is 4.84 Å². The lowest BCUT2D eigenvalue weighted by atomic mass is 10.1. The molecule has 5 nitrogen and oxygen atoms in total. The summed E-state index contributed by atoms with van der Waals surface area (Å²) in [6.45, 7) is 1.61. The van der Waals surface area contributed by atoms with Crippen LogP contribution in [0.1, 0.15) is 23.7 Å². The Hall–Kier alpha value is -1.44. The normalized spacial score (nSPS) is 13.9. The number of hydrogen-bond donors (Lipinski definition) is 0. The molecule has 1 aliphatic rings. The van der Waals surface area contributed by atoms with Crippen LogP contribution in [0.15, 0.2) is 18.2 Å². The minimum absolute atomic E-state index is 0.137. The molecule has 0 aliphatic carbocycles. The molecule has 17 heavy (non-hydrogen) atoms. The lowest BCUT2D eigenvalue weighted by Gasteiger charge is -2.14. The first-order valence-electron chi connectivity index (χ1n) is 4.93. The van der Waals surface area contributed by atoms with Gasteiger partial charge in [0.1, 0.15) is 0 Å². The lowest BCUT2D eigenvalue weighted by molar-refractivity contribution is -0.148. The van der Waals surface area contributed by atoms with Crippen molar-refractivity contribution in [2.45, 2.75) is 13.3 Å². The highest BCUT2D eigenvalue weighted by atomic mass is 127. The van der Waals surface area contributed by atoms with Crippen molar-refractivity contribution in [3.63, 3.8) is 0 Å². The van der Waals surface area contributed by atoms with E-state index in [1.54, 1.807) is 25.1 Å². The van der Waals surface area contributed by atoms with Crippen LogP contribution in [0.4, 0.5) is 5.69 Å². The van der Waals surface area contributed by atoms with Crippen LogP contribution in [0.25, 0.3) is 0 Å². The molecule has 1 aromatic rings. The molecule has 0 atom stereocenters. The van der Waals surface area contributed by atoms with Crippen molar-refractivity contribution in [1.29, 1.82) is 0 Å². The molecule has 1 heterocycles. The van der Waals surface area contributed by atoms with Gasteiger partial charge in [0, 0.05) is 9.99 Å². The Balaban J connectivity index is 2.41. The van der Waals surface area contributed by atoms with E-state index in [0.29, 0.717) is 5.69 Å². The molecule has 88 valence electrons. The summed E-state index contributed by atoms with van der Waals surface area (Å²) >= 11 is 2.04. The molecule has 0 saturated carbocycles. The summed E-state index contributed by atoms with van der Waals surface area (Å²) in [6, 6.07) is 4.91. The van der Waals surface area contributed by atoms with Crippen LogP contribution in [-0.4, -0.2) is 17.7 Å². The van der Waals surface area contributed by atoms with Crippen LogP contribution in [0, 0.1) is 3.57 Å². The van der Waals surface area contributed by atoms with E-state index < -0.39 is 17.7 Å². The van der Waals surface area contributed by atoms with Gasteiger partial charge in [-0.25, -0.2) is 4.79 Å². The van der Waals surface area contributed by atoms with Gasteiger partial charge in [-0.05, 0) is 40.8 Å². The maximum Gasteiger partial charge on any atom is 0.332 e. The zero-order valence-electron chi connectivity index (χ0n) is 8.90. The average molecular weight is 345 g/mol. The molecule has 0 bridgehead atoms. The Kier molecular flexibility index (Phi) is 3.14. The summed E-state index contributed by atoms with van der Waals surface area (Å²) in [5.74, 6) is -2.04. The second-order valence-corrected chi connectivity index (χ2v) is 4.65. The number of Topliss-reactive ketones (excluding diaryl/α,β-unsaturated/α-hetero) is 1. The number of nitrogens with zero attached hydrogens (tertiary/aromatic N) is 1. The number of carbonyl (C=O) groups is 3. The van der Waals surface area contributed by atoms with Gasteiger partial charge in [-0.15, -0.1) is 5.06 Å². The van der Waals surface area contributed by atoms with E-state index >= 15 is 0 Å². The van der Waals surface area contributed by atoms with Gasteiger partial charge in [0.05, 0.1) is 11.3 Å². The molecule has 0 spiro atoms. The highest BCUT2D eigenvalue weighted by molar-refractivity contribution is 14.1. The molecule has 0 saturated heterocycles. The second kappa shape index (κ2) is 4.44. The third-order valence-corrected chi connectivity index (χ3v) is 2.95. The van der Waals surface area contributed by atoms with Crippen LogP contribution in [0.2, 0.25) is 0 Å². The number of amides is 1. The number of benzene rings is 1. The van der Waals surface area contributed by atoms with Gasteiger partial charge < -0.3 is 4.84 Å². The first kappa shape index (κ1) is 12.0. The molecule has 0 aromatic heterocycles. The van der Waals surface area contributed by atoms with Gasteiger partial charge in [-0.2, -0.15) is 0 Å². The van der Waals surface area contributed by atoms with Gasteiger partial charge in [-0.3, -0.25) is 9.59 Å². The van der Waals surface area contributed by atoms with Crippen molar-refractivity contribution in [3.05, 3.63) is 27.3 Å². The fourth-order valence-corrected chi connectivity index (χ4v) is 1.93. The quantitative estimate of drug-likeness (QED) is 0.605. The monoisotopic (exact) mass is 345 g/mol. The highest BCUT2D eigenvalue weighted by Crippen LogP contribution is 2.30. The number of rotatable bonds is 2. The predicted octanol–water partition coefficient (Wildman–Crippen LogP) is 1.69. The summed E-state index contributed by atoms with van der Waals surface area (Å²) in [6.07, 6.45) is 0.137. The number of hydroxylamine groups is 1. The van der Waals surface area contributed by atoms with Gasteiger partial charge >= 0.3 is 11.9 Å². The Bertz CT molecular complexity index is 526. The Labute approximate surface area is 111 Å². The summed E-state index contributed by atoms with van der Waals surface area (Å²) < 4.78 is 0.839. The standard InChI is InChI=1S/C11H8INO4/c1-2-9(14)17-13-8-4-3-6(12)5-7(8)10(15)11(13)16/h3-5H,2H2,1H3. The molecule has 6 heteroatoms. The summed E-state index contributed by atoms with van der Waals surface area (Å²) in [4.78, 5) is 39.3. The van der Waals surface area contributed by atoms with E-state index in [-0.39, 0.29) is 12.0 Å². The van der Waals surface area contributed by atoms with Gasteiger partial charge in [0.2, 0.25) is 0 Å². The van der Waals surface area contributed by atoms with Crippen molar-refractivity contribution in [2.75, 3.05) is 5.06 Å². The van der Waals surface area contributed by atoms with Crippen LogP contribution in [-0.2, 0) is 14.4 Å². The van der Waals surface area contributed by atoms with E-state index in [2.05, 4.69) is 0 Å². The van der Waals surface area contributed by atoms with Crippen LogP contribution in [0.5, 0.6) is 0 Å². The largest absolute Gasteiger partial charge is 0.333 e. The maximum atomic E-state index is 11.6. The van der Waals surface area contributed by atoms with Crippen LogP contribution >= 0.6 is 22.6 Å². The number of carbonyl (C=O) groups excluding carboxylic acids is 3. The molecule has 1 aliphatic heterocycles. The summed E-state index contributed by atoms with van der Waals surface area (Å²) in [5.41, 5.74) is 0.591. The number of anilines is 1. The Morgan fingerprint density at radius 1 is 1.41 bits per heavy atom. The summed E-state index contributed by atoms with van der Waals surface area (Å²) in [7, 11) is 0. The average Bonchev–Trinajstić information content (AvgIpc) is 2.54. The molecule has 0 unspecified atom stereocenters. The predicted molar refractivity (Wildman–Crippen MR) is 67.4 cm³/mol. The van der Waals surface area contributed by atoms with Crippen molar-refractivity contribution in [2.24, 2.45) is 0 Å². The fourth-order valence-electron chi connectivity index (χ4n) is 1.44. The zero-order valence-corrected chi connectivity index (χ0v) is 11.1. The van der Waals surface area contributed by atoms with E-state index in [1.807, 2.05) is 22.6 Å². The lowest BCUT2D eigenvalue weighted by Crippen LogP contribution is -2.32. The maximum absolute atomic E-state index is 11.6. The number of ketones is 1. The smallest absolute Gasteiger partial charge is 0.332 e. The molecule has 0 fully saturated rings. The third kappa shape index (κ3) is 2.04. The van der Waals surface area contributed by atoms with E-state index in [9.17, 15) is 14.4 Å². The van der Waals surface area contributed by atoms with E-state index in [1.165, 1.54) is 0 Å². The molecule has 0 radical (unpaired) electrons. The molecule has 0 N–H and O–H groups in total. The third-order valence-electron chi connectivity index (χ3n) is 2.28. The SMILES string of the molecule is CCC(=O)ON1C(=O)C(=O)c2cc(I)ccc21. The van der Waals surface area contributed by atoms with Crippen molar-refractivity contribution < 1.29 is 19.2 Å². The van der Waals surface area contributed by atoms with Gasteiger partial charge in [0.15, 0.2) is 0 Å². The van der Waals surface area contributed by atoms with E-state index in [0.717, 1.165) is 8.63 Å². The second-order valence-electron chi connectivity index (χ2n) is 3.41. The number of halogens is 1. The Morgan fingerprint density at radius 3 is 2.76 bits per heavy atom. The topological polar surface area (TPSA) is 63.7 Å². The van der Waals surface area contributed by atoms with Crippen molar-refractivity contribution in [1.82, 2.24) is 0 Å². The molecule has 1 amide bonds. The van der Waals surface area contributed by atoms with Crippen LogP contribution in [0.3, 0.4) is 0 Å². The minimum Gasteiger partial charge on any atom is -0.333 e. The number of hydrogen-bond acceptors (Lipinski definition) is 4. The molecule has 2 rings (SSSR count).